The van der Waals surface area contributed by atoms with Gasteiger partial charge in [0.25, 0.3) is 5.91 Å². The van der Waals surface area contributed by atoms with Gasteiger partial charge in [-0.25, -0.2) is 0 Å². The molecule has 0 saturated carbocycles. The number of carbonyl (C=O) groups is 4. The highest BCUT2D eigenvalue weighted by atomic mass is 16.2. The molecule has 4 aliphatic rings. The van der Waals surface area contributed by atoms with Crippen molar-refractivity contribution in [1.82, 2.24) is 19.7 Å². The van der Waals surface area contributed by atoms with Gasteiger partial charge in [0.15, 0.2) is 5.78 Å². The maximum atomic E-state index is 13.8. The predicted molar refractivity (Wildman–Crippen MR) is 138 cm³/mol. The number of hydrogen-bond donors (Lipinski definition) is 0. The number of fused-ring (bicyclic) bond motifs is 2. The summed E-state index contributed by atoms with van der Waals surface area (Å²) < 4.78 is 0. The molecule has 37 heavy (non-hydrogen) atoms. The molecule has 1 aromatic rings. The normalized spacial score (nSPS) is 27.4. The van der Waals surface area contributed by atoms with Gasteiger partial charge in [0.05, 0.1) is 12.6 Å². The maximum absolute atomic E-state index is 13.8. The Morgan fingerprint density at radius 2 is 1.81 bits per heavy atom. The van der Waals surface area contributed by atoms with E-state index in [2.05, 4.69) is 37.1 Å². The molecule has 0 aromatic carbocycles. The fourth-order valence-corrected chi connectivity index (χ4v) is 6.47. The molecule has 5 rings (SSSR count). The standard InChI is InChI=1S/C29H36N4O4/c1-19(2)15-22(16-26(35)31-13-10-20-7-3-4-8-21(20)17-31)28(36)32-14-11-24-27(32)25(34)18-33(24)29(37)23-9-5-6-12-30-23/h3-9,12,19-22,24,27H,10-11,13-18H2,1-2H3. The van der Waals surface area contributed by atoms with Crippen molar-refractivity contribution in [3.05, 3.63) is 54.4 Å². The summed E-state index contributed by atoms with van der Waals surface area (Å²) in [4.78, 5) is 62.6. The first-order valence-corrected chi connectivity index (χ1v) is 13.5. The van der Waals surface area contributed by atoms with Crippen molar-refractivity contribution in [2.75, 3.05) is 26.2 Å². The van der Waals surface area contributed by atoms with Gasteiger partial charge in [-0.2, -0.15) is 0 Å². The van der Waals surface area contributed by atoms with Crippen molar-refractivity contribution < 1.29 is 19.2 Å². The summed E-state index contributed by atoms with van der Waals surface area (Å²) in [5, 5.41) is 0. The molecule has 3 aliphatic heterocycles. The lowest BCUT2D eigenvalue weighted by atomic mass is 9.82. The number of allylic oxidation sites excluding steroid dienone is 3. The van der Waals surface area contributed by atoms with Crippen molar-refractivity contribution in [2.24, 2.45) is 23.7 Å². The second-order valence-electron chi connectivity index (χ2n) is 11.2. The van der Waals surface area contributed by atoms with E-state index >= 15 is 0 Å². The Balaban J connectivity index is 1.27. The fourth-order valence-electron chi connectivity index (χ4n) is 6.47. The minimum atomic E-state index is -0.639. The molecule has 3 saturated heterocycles. The van der Waals surface area contributed by atoms with Crippen molar-refractivity contribution >= 4 is 23.5 Å². The summed E-state index contributed by atoms with van der Waals surface area (Å²) in [5.74, 6) is 0.0617. The monoisotopic (exact) mass is 504 g/mol. The van der Waals surface area contributed by atoms with Crippen molar-refractivity contribution in [3.63, 3.8) is 0 Å². The Morgan fingerprint density at radius 3 is 2.54 bits per heavy atom. The van der Waals surface area contributed by atoms with Crippen LogP contribution >= 0.6 is 0 Å². The molecule has 0 spiro atoms. The van der Waals surface area contributed by atoms with E-state index in [0.717, 1.165) is 6.42 Å². The van der Waals surface area contributed by atoms with Crippen LogP contribution in [-0.4, -0.2) is 81.5 Å². The lowest BCUT2D eigenvalue weighted by molar-refractivity contribution is -0.144. The minimum absolute atomic E-state index is 0.0133. The lowest BCUT2D eigenvalue weighted by Crippen LogP contribution is -2.48. The molecular weight excluding hydrogens is 468 g/mol. The van der Waals surface area contributed by atoms with Crippen molar-refractivity contribution in [2.45, 2.75) is 51.6 Å². The molecule has 3 fully saturated rings. The maximum Gasteiger partial charge on any atom is 0.273 e. The van der Waals surface area contributed by atoms with Crippen LogP contribution in [0.1, 0.15) is 50.0 Å². The van der Waals surface area contributed by atoms with Gasteiger partial charge in [0.1, 0.15) is 11.7 Å². The Bertz CT molecular complexity index is 1110. The smallest absolute Gasteiger partial charge is 0.273 e. The second-order valence-corrected chi connectivity index (χ2v) is 11.2. The third-order valence-electron chi connectivity index (χ3n) is 8.27. The number of ketones is 1. The highest BCUT2D eigenvalue weighted by Gasteiger charge is 2.52. The predicted octanol–water partition coefficient (Wildman–Crippen LogP) is 2.72. The average Bonchev–Trinajstić information content (AvgIpc) is 3.48. The molecule has 1 aliphatic carbocycles. The lowest BCUT2D eigenvalue weighted by Gasteiger charge is -2.38. The zero-order chi connectivity index (χ0) is 26.1. The van der Waals surface area contributed by atoms with E-state index < -0.39 is 12.0 Å². The molecule has 0 radical (unpaired) electrons. The third-order valence-corrected chi connectivity index (χ3v) is 8.27. The number of amides is 3. The number of nitrogens with zero attached hydrogens (tertiary/aromatic N) is 4. The van der Waals surface area contributed by atoms with E-state index in [0.29, 0.717) is 50.0 Å². The van der Waals surface area contributed by atoms with Crippen LogP contribution in [0.3, 0.4) is 0 Å². The molecule has 196 valence electrons. The number of aromatic nitrogens is 1. The third kappa shape index (κ3) is 5.11. The molecule has 0 bridgehead atoms. The van der Waals surface area contributed by atoms with E-state index in [9.17, 15) is 19.2 Å². The van der Waals surface area contributed by atoms with Gasteiger partial charge in [-0.3, -0.25) is 24.2 Å². The van der Waals surface area contributed by atoms with Crippen LogP contribution in [0.25, 0.3) is 0 Å². The summed E-state index contributed by atoms with van der Waals surface area (Å²) in [6.45, 7) is 5.90. The molecule has 3 amide bonds. The molecule has 8 nitrogen and oxygen atoms in total. The number of piperidine rings is 1. The molecule has 4 heterocycles. The zero-order valence-electron chi connectivity index (χ0n) is 21.7. The molecule has 8 heteroatoms. The molecule has 0 N–H and O–H groups in total. The summed E-state index contributed by atoms with van der Waals surface area (Å²) in [7, 11) is 0. The highest BCUT2D eigenvalue weighted by Crippen LogP contribution is 2.34. The first-order chi connectivity index (χ1) is 17.8. The van der Waals surface area contributed by atoms with Crippen molar-refractivity contribution in [3.8, 4) is 0 Å². The molecular formula is C29H36N4O4. The SMILES string of the molecule is CC(C)CC(CC(=O)N1CCC2C=CC=CC2C1)C(=O)N1CCC2C1C(=O)CN2C(=O)c1ccccn1. The van der Waals surface area contributed by atoms with Gasteiger partial charge in [-0.15, -0.1) is 0 Å². The number of carbonyl (C=O) groups excluding carboxylic acids is 4. The van der Waals surface area contributed by atoms with Crippen LogP contribution in [0.15, 0.2) is 48.7 Å². The summed E-state index contributed by atoms with van der Waals surface area (Å²) in [6, 6.07) is 4.15. The van der Waals surface area contributed by atoms with Gasteiger partial charge >= 0.3 is 0 Å². The Kier molecular flexibility index (Phi) is 7.26. The average molecular weight is 505 g/mol. The molecule has 1 aromatic heterocycles. The van der Waals surface area contributed by atoms with E-state index in [4.69, 9.17) is 0 Å². The van der Waals surface area contributed by atoms with E-state index in [1.807, 2.05) is 11.0 Å². The minimum Gasteiger partial charge on any atom is -0.342 e. The second kappa shape index (κ2) is 10.6. The van der Waals surface area contributed by atoms with Crippen LogP contribution in [0.4, 0.5) is 0 Å². The van der Waals surface area contributed by atoms with Crippen molar-refractivity contribution in [1.29, 1.82) is 0 Å². The van der Waals surface area contributed by atoms with Gasteiger partial charge in [0, 0.05) is 44.1 Å². The summed E-state index contributed by atoms with van der Waals surface area (Å²) in [6.07, 6.45) is 12.3. The number of Topliss-reactive ketones (excluding diaryl/α,β-unsaturated/α-hetero) is 1. The first kappa shape index (κ1) is 25.4. The number of likely N-dealkylation sites (tertiary alicyclic amines) is 3. The van der Waals surface area contributed by atoms with Crippen LogP contribution in [0.2, 0.25) is 0 Å². The van der Waals surface area contributed by atoms with Crippen LogP contribution in [0, 0.1) is 23.7 Å². The Hall–Kier alpha value is -3.29. The van der Waals surface area contributed by atoms with Crippen LogP contribution in [-0.2, 0) is 14.4 Å². The highest BCUT2D eigenvalue weighted by molar-refractivity contribution is 6.02. The molecule has 5 unspecified atom stereocenters. The quantitative estimate of drug-likeness (QED) is 0.594. The van der Waals surface area contributed by atoms with E-state index in [-0.39, 0.29) is 48.4 Å². The summed E-state index contributed by atoms with van der Waals surface area (Å²) >= 11 is 0. The van der Waals surface area contributed by atoms with Crippen LogP contribution < -0.4 is 0 Å². The van der Waals surface area contributed by atoms with Gasteiger partial charge in [-0.05, 0) is 43.2 Å². The van der Waals surface area contributed by atoms with Gasteiger partial charge in [0.2, 0.25) is 11.8 Å². The fraction of sp³-hybridized carbons (Fsp3) is 0.552. The first-order valence-electron chi connectivity index (χ1n) is 13.5. The Labute approximate surface area is 218 Å². The number of pyridine rings is 1. The van der Waals surface area contributed by atoms with E-state index in [1.54, 1.807) is 34.2 Å². The molecule has 5 atom stereocenters. The van der Waals surface area contributed by atoms with Gasteiger partial charge in [-0.1, -0.05) is 44.2 Å². The number of rotatable bonds is 6. The van der Waals surface area contributed by atoms with E-state index in [1.165, 1.54) is 0 Å². The largest absolute Gasteiger partial charge is 0.342 e. The van der Waals surface area contributed by atoms with Gasteiger partial charge < -0.3 is 14.7 Å². The zero-order valence-corrected chi connectivity index (χ0v) is 21.7. The summed E-state index contributed by atoms with van der Waals surface area (Å²) in [5.41, 5.74) is 0.302. The Morgan fingerprint density at radius 1 is 1.03 bits per heavy atom. The van der Waals surface area contributed by atoms with Crippen LogP contribution in [0.5, 0.6) is 0 Å². The topological polar surface area (TPSA) is 90.9 Å². The number of hydrogen-bond acceptors (Lipinski definition) is 5.